The summed E-state index contributed by atoms with van der Waals surface area (Å²) in [7, 11) is 0. The van der Waals surface area contributed by atoms with E-state index in [1.165, 1.54) is 0 Å². The summed E-state index contributed by atoms with van der Waals surface area (Å²) in [6, 6.07) is 7.43. The summed E-state index contributed by atoms with van der Waals surface area (Å²) in [5.41, 5.74) is 1.67. The van der Waals surface area contributed by atoms with Gasteiger partial charge < -0.3 is 10.6 Å². The molecule has 0 radical (unpaired) electrons. The molecule has 2 N–H and O–H groups in total. The lowest BCUT2D eigenvalue weighted by molar-refractivity contribution is -0.123. The smallest absolute Gasteiger partial charge is 0.251 e. The van der Waals surface area contributed by atoms with Gasteiger partial charge in [0.1, 0.15) is 0 Å². The predicted molar refractivity (Wildman–Crippen MR) is 95.6 cm³/mol. The van der Waals surface area contributed by atoms with Crippen molar-refractivity contribution in [3.8, 4) is 0 Å². The fourth-order valence-corrected chi connectivity index (χ4v) is 3.81. The van der Waals surface area contributed by atoms with Crippen molar-refractivity contribution in [2.45, 2.75) is 50.8 Å². The fourth-order valence-electron chi connectivity index (χ4n) is 2.58. The zero-order valence-corrected chi connectivity index (χ0v) is 14.8. The van der Waals surface area contributed by atoms with E-state index in [1.54, 1.807) is 11.8 Å². The third-order valence-electron chi connectivity index (χ3n) is 4.18. The molecule has 2 rings (SSSR count). The van der Waals surface area contributed by atoms with Crippen LogP contribution in [-0.2, 0) is 11.3 Å². The average molecular weight is 334 g/mol. The fraction of sp³-hybridized carbons (Fsp3) is 0.556. The van der Waals surface area contributed by atoms with E-state index >= 15 is 0 Å². The van der Waals surface area contributed by atoms with Gasteiger partial charge in [-0.25, -0.2) is 0 Å². The minimum absolute atomic E-state index is 0.0381. The predicted octanol–water partition coefficient (Wildman–Crippen LogP) is 3.12. The molecule has 1 saturated heterocycles. The maximum Gasteiger partial charge on any atom is 0.251 e. The first-order valence-electron chi connectivity index (χ1n) is 8.34. The van der Waals surface area contributed by atoms with Gasteiger partial charge in [0.15, 0.2) is 0 Å². The summed E-state index contributed by atoms with van der Waals surface area (Å²) in [6.07, 6.45) is 4.11. The monoisotopic (exact) mass is 334 g/mol. The van der Waals surface area contributed by atoms with Crippen molar-refractivity contribution in [1.29, 1.82) is 0 Å². The van der Waals surface area contributed by atoms with Crippen LogP contribution in [0.15, 0.2) is 24.3 Å². The molecule has 0 aliphatic carbocycles. The van der Waals surface area contributed by atoms with E-state index in [2.05, 4.69) is 17.6 Å². The molecule has 2 amide bonds. The van der Waals surface area contributed by atoms with Gasteiger partial charge in [0, 0.05) is 18.7 Å². The Morgan fingerprint density at radius 1 is 1.22 bits per heavy atom. The van der Waals surface area contributed by atoms with Gasteiger partial charge in [-0.2, -0.15) is 0 Å². The molecule has 126 valence electrons. The van der Waals surface area contributed by atoms with E-state index in [-0.39, 0.29) is 16.6 Å². The van der Waals surface area contributed by atoms with Crippen molar-refractivity contribution in [2.75, 3.05) is 12.3 Å². The van der Waals surface area contributed by atoms with Gasteiger partial charge in [-0.3, -0.25) is 9.59 Å². The molecule has 0 aromatic heterocycles. The number of hydrogen-bond donors (Lipinski definition) is 2. The van der Waals surface area contributed by atoms with Gasteiger partial charge in [-0.1, -0.05) is 25.5 Å². The topological polar surface area (TPSA) is 58.2 Å². The van der Waals surface area contributed by atoms with Gasteiger partial charge in [0.25, 0.3) is 5.91 Å². The second-order valence-corrected chi connectivity index (χ2v) is 7.77. The number of thioether (sulfide) groups is 1. The van der Waals surface area contributed by atoms with Crippen LogP contribution in [0.5, 0.6) is 0 Å². The Labute approximate surface area is 142 Å². The number of benzene rings is 1. The number of rotatable bonds is 7. The van der Waals surface area contributed by atoms with E-state index in [9.17, 15) is 9.59 Å². The number of hydrogen-bond acceptors (Lipinski definition) is 3. The zero-order chi connectivity index (χ0) is 16.7. The summed E-state index contributed by atoms with van der Waals surface area (Å²) in [5.74, 6) is 1.14. The SMILES string of the molecule is CCCCNC(=O)c1ccc(CNC(=O)[C@@]2(C)CCCS2)cc1. The van der Waals surface area contributed by atoms with Crippen molar-refractivity contribution in [2.24, 2.45) is 0 Å². The number of carbonyl (C=O) groups is 2. The minimum Gasteiger partial charge on any atom is -0.352 e. The lowest BCUT2D eigenvalue weighted by Gasteiger charge is -2.21. The van der Waals surface area contributed by atoms with Crippen molar-refractivity contribution in [1.82, 2.24) is 10.6 Å². The first-order valence-corrected chi connectivity index (χ1v) is 9.33. The highest BCUT2D eigenvalue weighted by Gasteiger charge is 2.36. The average Bonchev–Trinajstić information content (AvgIpc) is 3.01. The van der Waals surface area contributed by atoms with Crippen LogP contribution in [-0.4, -0.2) is 28.9 Å². The molecule has 5 heteroatoms. The van der Waals surface area contributed by atoms with Gasteiger partial charge >= 0.3 is 0 Å². The molecule has 0 bridgehead atoms. The molecule has 1 aromatic carbocycles. The van der Waals surface area contributed by atoms with Crippen LogP contribution in [0.1, 0.15) is 55.5 Å². The molecule has 1 fully saturated rings. The lowest BCUT2D eigenvalue weighted by atomic mass is 10.0. The van der Waals surface area contributed by atoms with Crippen molar-refractivity contribution in [3.05, 3.63) is 35.4 Å². The summed E-state index contributed by atoms with van der Waals surface area (Å²) in [4.78, 5) is 24.2. The molecule has 1 aromatic rings. The van der Waals surface area contributed by atoms with Crippen LogP contribution >= 0.6 is 11.8 Å². The Kier molecular flexibility index (Phi) is 6.51. The third kappa shape index (κ3) is 4.99. The number of unbranched alkanes of at least 4 members (excludes halogenated alkanes) is 1. The molecule has 0 saturated carbocycles. The first-order chi connectivity index (χ1) is 11.0. The van der Waals surface area contributed by atoms with E-state index in [1.807, 2.05) is 31.2 Å². The van der Waals surface area contributed by atoms with Crippen molar-refractivity contribution >= 4 is 23.6 Å². The zero-order valence-electron chi connectivity index (χ0n) is 14.0. The molecule has 0 spiro atoms. The highest BCUT2D eigenvalue weighted by atomic mass is 32.2. The van der Waals surface area contributed by atoms with Crippen LogP contribution in [0.3, 0.4) is 0 Å². The van der Waals surface area contributed by atoms with Gasteiger partial charge in [0.2, 0.25) is 5.91 Å². The van der Waals surface area contributed by atoms with Crippen LogP contribution in [0.4, 0.5) is 0 Å². The molecule has 23 heavy (non-hydrogen) atoms. The molecule has 0 unspecified atom stereocenters. The molecule has 1 atom stereocenters. The summed E-state index contributed by atoms with van der Waals surface area (Å²) >= 11 is 1.74. The maximum atomic E-state index is 12.3. The van der Waals surface area contributed by atoms with E-state index < -0.39 is 0 Å². The molecule has 1 aliphatic heterocycles. The van der Waals surface area contributed by atoms with Gasteiger partial charge in [0.05, 0.1) is 4.75 Å². The van der Waals surface area contributed by atoms with E-state index in [4.69, 9.17) is 0 Å². The highest BCUT2D eigenvalue weighted by Crippen LogP contribution is 2.37. The van der Waals surface area contributed by atoms with Gasteiger partial charge in [-0.05, 0) is 49.6 Å². The Morgan fingerprint density at radius 3 is 2.57 bits per heavy atom. The Bertz CT molecular complexity index is 536. The first kappa shape index (κ1) is 17.9. The number of nitrogens with one attached hydrogen (secondary N) is 2. The van der Waals surface area contributed by atoms with Gasteiger partial charge in [-0.15, -0.1) is 11.8 Å². The summed E-state index contributed by atoms with van der Waals surface area (Å²) in [6.45, 7) is 5.33. The minimum atomic E-state index is -0.279. The van der Waals surface area contributed by atoms with E-state index in [0.29, 0.717) is 18.7 Å². The van der Waals surface area contributed by atoms with Crippen LogP contribution in [0, 0.1) is 0 Å². The third-order valence-corrected chi connectivity index (χ3v) is 5.70. The molecule has 1 aliphatic rings. The highest BCUT2D eigenvalue weighted by molar-refractivity contribution is 8.01. The molecule has 1 heterocycles. The van der Waals surface area contributed by atoms with Crippen molar-refractivity contribution in [3.63, 3.8) is 0 Å². The summed E-state index contributed by atoms with van der Waals surface area (Å²) < 4.78 is -0.279. The largest absolute Gasteiger partial charge is 0.352 e. The molecular weight excluding hydrogens is 308 g/mol. The Hall–Kier alpha value is -1.49. The number of amides is 2. The molecule has 4 nitrogen and oxygen atoms in total. The van der Waals surface area contributed by atoms with Crippen LogP contribution < -0.4 is 10.6 Å². The maximum absolute atomic E-state index is 12.3. The number of carbonyl (C=O) groups excluding carboxylic acids is 2. The standard InChI is InChI=1S/C18H26N2O2S/c1-3-4-11-19-16(21)15-8-6-14(7-9-15)13-20-17(22)18(2)10-5-12-23-18/h6-9H,3-5,10-13H2,1-2H3,(H,19,21)(H,20,22)/t18-/m1/s1. The quantitative estimate of drug-likeness (QED) is 0.753. The Balaban J connectivity index is 1.83. The van der Waals surface area contributed by atoms with E-state index in [0.717, 1.165) is 37.0 Å². The second-order valence-electron chi connectivity index (χ2n) is 6.17. The lowest BCUT2D eigenvalue weighted by Crippen LogP contribution is -2.39. The normalized spacial score (nSPS) is 20.3. The summed E-state index contributed by atoms with van der Waals surface area (Å²) in [5, 5.41) is 5.91. The van der Waals surface area contributed by atoms with Crippen molar-refractivity contribution < 1.29 is 9.59 Å². The molecular formula is C18H26N2O2S. The van der Waals surface area contributed by atoms with Crippen LogP contribution in [0.2, 0.25) is 0 Å². The van der Waals surface area contributed by atoms with Crippen LogP contribution in [0.25, 0.3) is 0 Å². The Morgan fingerprint density at radius 2 is 1.96 bits per heavy atom. The second kappa shape index (κ2) is 8.39.